The third-order valence-electron chi connectivity index (χ3n) is 5.02. The normalized spacial score (nSPS) is 17.9. The van der Waals surface area contributed by atoms with Crippen LogP contribution in [0, 0.1) is 12.8 Å². The number of ether oxygens (including phenoxy) is 3. The number of fused-ring (bicyclic) bond motifs is 1. The van der Waals surface area contributed by atoms with Crippen LogP contribution in [-0.2, 0) is 9.59 Å². The van der Waals surface area contributed by atoms with E-state index < -0.39 is 0 Å². The van der Waals surface area contributed by atoms with Crippen LogP contribution in [0.2, 0.25) is 0 Å². The van der Waals surface area contributed by atoms with E-state index >= 15 is 0 Å². The van der Waals surface area contributed by atoms with Gasteiger partial charge < -0.3 is 24.4 Å². The highest BCUT2D eigenvalue weighted by Crippen LogP contribution is 2.35. The van der Waals surface area contributed by atoms with Crippen LogP contribution in [0.1, 0.15) is 12.0 Å². The molecule has 0 radical (unpaired) electrons. The predicted octanol–water partition coefficient (Wildman–Crippen LogP) is 2.31. The molecule has 0 bridgehead atoms. The lowest BCUT2D eigenvalue weighted by Gasteiger charge is -2.22. The van der Waals surface area contributed by atoms with Crippen LogP contribution in [0.3, 0.4) is 0 Å². The lowest BCUT2D eigenvalue weighted by Crippen LogP contribution is -2.35. The lowest BCUT2D eigenvalue weighted by atomic mass is 10.1. The van der Waals surface area contributed by atoms with Crippen LogP contribution in [0.15, 0.2) is 42.5 Å². The molecule has 1 unspecified atom stereocenters. The SMILES string of the molecule is Cc1ccc(OCCNC(=O)C2CC(=O)N(c3ccc4c(c3)OCCO4)C2)cc1. The van der Waals surface area contributed by atoms with Crippen molar-refractivity contribution in [3.63, 3.8) is 0 Å². The van der Waals surface area contributed by atoms with Crippen molar-refractivity contribution in [1.82, 2.24) is 5.32 Å². The average Bonchev–Trinajstić information content (AvgIpc) is 3.14. The molecule has 1 N–H and O–H groups in total. The predicted molar refractivity (Wildman–Crippen MR) is 108 cm³/mol. The number of carbonyl (C=O) groups excluding carboxylic acids is 2. The molecule has 1 atom stereocenters. The molecule has 7 nitrogen and oxygen atoms in total. The molecule has 0 spiro atoms. The van der Waals surface area contributed by atoms with Crippen LogP contribution in [-0.4, -0.2) is 44.7 Å². The minimum Gasteiger partial charge on any atom is -0.492 e. The molecule has 29 heavy (non-hydrogen) atoms. The van der Waals surface area contributed by atoms with Crippen molar-refractivity contribution in [3.05, 3.63) is 48.0 Å². The van der Waals surface area contributed by atoms with Gasteiger partial charge in [0, 0.05) is 24.7 Å². The maximum atomic E-state index is 12.5. The van der Waals surface area contributed by atoms with Gasteiger partial charge in [0.25, 0.3) is 0 Å². The largest absolute Gasteiger partial charge is 0.492 e. The van der Waals surface area contributed by atoms with Gasteiger partial charge in [-0.25, -0.2) is 0 Å². The number of rotatable bonds is 6. The first-order valence-corrected chi connectivity index (χ1v) is 9.77. The third-order valence-corrected chi connectivity index (χ3v) is 5.02. The Balaban J connectivity index is 1.28. The van der Waals surface area contributed by atoms with Gasteiger partial charge >= 0.3 is 0 Å². The summed E-state index contributed by atoms with van der Waals surface area (Å²) in [5.74, 6) is 1.49. The van der Waals surface area contributed by atoms with Crippen LogP contribution in [0.4, 0.5) is 5.69 Å². The highest BCUT2D eigenvalue weighted by atomic mass is 16.6. The fourth-order valence-corrected chi connectivity index (χ4v) is 3.45. The van der Waals surface area contributed by atoms with Gasteiger partial charge in [0.05, 0.1) is 12.5 Å². The molecule has 2 aromatic carbocycles. The van der Waals surface area contributed by atoms with E-state index in [2.05, 4.69) is 5.32 Å². The molecule has 0 aromatic heterocycles. The lowest BCUT2D eigenvalue weighted by molar-refractivity contribution is -0.126. The van der Waals surface area contributed by atoms with Gasteiger partial charge in [-0.2, -0.15) is 0 Å². The molecule has 152 valence electrons. The van der Waals surface area contributed by atoms with E-state index in [1.165, 1.54) is 5.56 Å². The van der Waals surface area contributed by atoms with E-state index in [4.69, 9.17) is 14.2 Å². The maximum Gasteiger partial charge on any atom is 0.227 e. The summed E-state index contributed by atoms with van der Waals surface area (Å²) < 4.78 is 16.7. The molecule has 0 aliphatic carbocycles. The highest BCUT2D eigenvalue weighted by molar-refractivity contribution is 6.00. The van der Waals surface area contributed by atoms with E-state index in [0.717, 1.165) is 11.4 Å². The summed E-state index contributed by atoms with van der Waals surface area (Å²) in [6.45, 7) is 4.14. The third kappa shape index (κ3) is 4.45. The van der Waals surface area contributed by atoms with Crippen LogP contribution in [0.5, 0.6) is 17.2 Å². The van der Waals surface area contributed by atoms with Gasteiger partial charge in [-0.3, -0.25) is 9.59 Å². The van der Waals surface area contributed by atoms with Gasteiger partial charge in [0.1, 0.15) is 25.6 Å². The fourth-order valence-electron chi connectivity index (χ4n) is 3.45. The summed E-state index contributed by atoms with van der Waals surface area (Å²) in [7, 11) is 0. The first-order chi connectivity index (χ1) is 14.1. The number of benzene rings is 2. The second-order valence-corrected chi connectivity index (χ2v) is 7.19. The monoisotopic (exact) mass is 396 g/mol. The number of anilines is 1. The van der Waals surface area contributed by atoms with Gasteiger partial charge in [0.2, 0.25) is 11.8 Å². The average molecular weight is 396 g/mol. The standard InChI is InChI=1S/C22H24N2O5/c1-15-2-5-18(6-3-15)27-9-8-23-22(26)16-12-21(25)24(14-16)17-4-7-19-20(13-17)29-11-10-28-19/h2-7,13,16H,8-12,14H2,1H3,(H,23,26). The van der Waals surface area contributed by atoms with Crippen molar-refractivity contribution >= 4 is 17.5 Å². The van der Waals surface area contributed by atoms with Crippen LogP contribution >= 0.6 is 0 Å². The molecule has 1 fully saturated rings. The molecular formula is C22H24N2O5. The number of hydrogen-bond acceptors (Lipinski definition) is 5. The van der Waals surface area contributed by atoms with E-state index in [0.29, 0.717) is 44.4 Å². The zero-order valence-electron chi connectivity index (χ0n) is 16.3. The summed E-state index contributed by atoms with van der Waals surface area (Å²) in [6, 6.07) is 13.2. The Morgan fingerprint density at radius 2 is 1.90 bits per heavy atom. The smallest absolute Gasteiger partial charge is 0.227 e. The Kier molecular flexibility index (Phi) is 5.55. The summed E-state index contributed by atoms with van der Waals surface area (Å²) in [6.07, 6.45) is 0.194. The Morgan fingerprint density at radius 3 is 2.69 bits per heavy atom. The zero-order valence-corrected chi connectivity index (χ0v) is 16.3. The van der Waals surface area contributed by atoms with Gasteiger partial charge in [0.15, 0.2) is 11.5 Å². The Hall–Kier alpha value is -3.22. The Morgan fingerprint density at radius 1 is 1.14 bits per heavy atom. The molecule has 0 saturated carbocycles. The fraction of sp³-hybridized carbons (Fsp3) is 0.364. The van der Waals surface area contributed by atoms with Crippen molar-refractivity contribution in [3.8, 4) is 17.2 Å². The first kappa shape index (κ1) is 19.1. The zero-order chi connectivity index (χ0) is 20.2. The van der Waals surface area contributed by atoms with E-state index in [1.54, 1.807) is 17.0 Å². The van der Waals surface area contributed by atoms with Gasteiger partial charge in [-0.1, -0.05) is 17.7 Å². The molecule has 4 rings (SSSR count). The summed E-state index contributed by atoms with van der Waals surface area (Å²) >= 11 is 0. The first-order valence-electron chi connectivity index (χ1n) is 9.77. The van der Waals surface area contributed by atoms with Crippen molar-refractivity contribution in [2.24, 2.45) is 5.92 Å². The summed E-state index contributed by atoms with van der Waals surface area (Å²) in [5.41, 5.74) is 1.89. The molecular weight excluding hydrogens is 372 g/mol. The van der Waals surface area contributed by atoms with Gasteiger partial charge in [-0.05, 0) is 31.2 Å². The number of aryl methyl sites for hydroxylation is 1. The number of nitrogens with one attached hydrogen (secondary N) is 1. The quantitative estimate of drug-likeness (QED) is 0.759. The molecule has 2 amide bonds. The Bertz CT molecular complexity index is 897. The van der Waals surface area contributed by atoms with Crippen LogP contribution in [0.25, 0.3) is 0 Å². The van der Waals surface area contributed by atoms with Crippen molar-refractivity contribution < 1.29 is 23.8 Å². The number of amides is 2. The highest BCUT2D eigenvalue weighted by Gasteiger charge is 2.35. The molecule has 7 heteroatoms. The summed E-state index contributed by atoms with van der Waals surface area (Å²) in [5, 5.41) is 2.86. The number of hydrogen-bond donors (Lipinski definition) is 1. The minimum atomic E-state index is -0.380. The van der Waals surface area contributed by atoms with Gasteiger partial charge in [-0.15, -0.1) is 0 Å². The van der Waals surface area contributed by atoms with E-state index in [9.17, 15) is 9.59 Å². The molecule has 2 aromatic rings. The molecule has 1 saturated heterocycles. The van der Waals surface area contributed by atoms with Crippen LogP contribution < -0.4 is 24.4 Å². The van der Waals surface area contributed by atoms with E-state index in [-0.39, 0.29) is 24.2 Å². The molecule has 2 aliphatic rings. The second-order valence-electron chi connectivity index (χ2n) is 7.19. The topological polar surface area (TPSA) is 77.1 Å². The second kappa shape index (κ2) is 8.43. The Labute approximate surface area is 169 Å². The summed E-state index contributed by atoms with van der Waals surface area (Å²) in [4.78, 5) is 26.5. The number of carbonyl (C=O) groups is 2. The van der Waals surface area contributed by atoms with Crippen molar-refractivity contribution in [2.45, 2.75) is 13.3 Å². The van der Waals surface area contributed by atoms with Crippen molar-refractivity contribution in [2.75, 3.05) is 37.8 Å². The molecule has 2 heterocycles. The minimum absolute atomic E-state index is 0.0715. The number of nitrogens with zero attached hydrogens (tertiary/aromatic N) is 1. The van der Waals surface area contributed by atoms with E-state index in [1.807, 2.05) is 37.3 Å². The molecule has 2 aliphatic heterocycles. The maximum absolute atomic E-state index is 12.5. The van der Waals surface area contributed by atoms with Crippen molar-refractivity contribution in [1.29, 1.82) is 0 Å².